The monoisotopic (exact) mass is 525 g/mol. The van der Waals surface area contributed by atoms with E-state index < -0.39 is 19.4 Å². The topological polar surface area (TPSA) is 0 Å². The Morgan fingerprint density at radius 3 is 2.06 bits per heavy atom. The predicted molar refractivity (Wildman–Crippen MR) is 133 cm³/mol. The molecule has 0 bridgehead atoms. The van der Waals surface area contributed by atoms with Gasteiger partial charge >= 0.3 is 203 Å². The zero-order chi connectivity index (χ0) is 22.3. The van der Waals surface area contributed by atoms with Crippen molar-refractivity contribution in [3.63, 3.8) is 0 Å². The van der Waals surface area contributed by atoms with E-state index in [4.69, 9.17) is 17.0 Å². The summed E-state index contributed by atoms with van der Waals surface area (Å²) in [5.74, 6) is 0.436. The Balaban J connectivity index is 2.09. The summed E-state index contributed by atoms with van der Waals surface area (Å²) < 4.78 is 0.204. The molecule has 0 saturated carbocycles. The Morgan fingerprint density at radius 2 is 1.45 bits per heavy atom. The van der Waals surface area contributed by atoms with Gasteiger partial charge in [0.05, 0.1) is 0 Å². The van der Waals surface area contributed by atoms with Crippen molar-refractivity contribution < 1.29 is 19.4 Å². The second-order valence-corrected chi connectivity index (χ2v) is 18.5. The van der Waals surface area contributed by atoms with E-state index in [1.165, 1.54) is 44.5 Å². The summed E-state index contributed by atoms with van der Waals surface area (Å²) in [7, 11) is 13.5. The van der Waals surface area contributed by atoms with Crippen LogP contribution in [0.3, 0.4) is 0 Å². The van der Waals surface area contributed by atoms with Gasteiger partial charge in [0.2, 0.25) is 0 Å². The van der Waals surface area contributed by atoms with Gasteiger partial charge in [-0.1, -0.05) is 0 Å². The average Bonchev–Trinajstić information content (AvgIpc) is 3.14. The summed E-state index contributed by atoms with van der Waals surface area (Å²) in [6, 6.07) is 24.1. The Kier molecular flexibility index (Phi) is 6.70. The number of fused-ring (bicyclic) bond motifs is 1. The van der Waals surface area contributed by atoms with E-state index in [0.29, 0.717) is 5.92 Å². The van der Waals surface area contributed by atoms with Crippen molar-refractivity contribution >= 4 is 23.1 Å². The minimum atomic E-state index is -2.60. The van der Waals surface area contributed by atoms with Crippen LogP contribution in [0.5, 0.6) is 0 Å². The third-order valence-corrected chi connectivity index (χ3v) is 11.4. The standard InChI is InChI=1S/C28H29.2ClH.Zr/c1-19(2)23-13-9-10-14-25(23)27-24(20-11-7-6-8-12-20)16-15-21-17-22(18-26(21)27)28(3,4)5;;;/h6-19H,1-5H3;2*1H;/q;;;+2/p-2. The number of hydrogen-bond acceptors (Lipinski definition) is 0. The van der Waals surface area contributed by atoms with Gasteiger partial charge in [0.25, 0.3) is 0 Å². The molecule has 0 saturated heterocycles. The average molecular weight is 528 g/mol. The Morgan fingerprint density at radius 1 is 0.806 bits per heavy atom. The molecule has 3 aromatic carbocycles. The van der Waals surface area contributed by atoms with Gasteiger partial charge in [0, 0.05) is 0 Å². The number of halogens is 2. The molecule has 0 nitrogen and oxygen atoms in total. The molecule has 3 heteroatoms. The molecule has 0 N–H and O–H groups in total. The van der Waals surface area contributed by atoms with Gasteiger partial charge in [-0.3, -0.25) is 0 Å². The summed E-state index contributed by atoms with van der Waals surface area (Å²) >= 11 is -2.60. The fourth-order valence-electron chi connectivity index (χ4n) is 4.71. The first-order chi connectivity index (χ1) is 14.7. The molecule has 1 aliphatic rings. The van der Waals surface area contributed by atoms with E-state index in [0.717, 1.165) is 0 Å². The second-order valence-electron chi connectivity index (χ2n) is 9.67. The van der Waals surface area contributed by atoms with E-state index in [1.807, 2.05) is 0 Å². The summed E-state index contributed by atoms with van der Waals surface area (Å²) in [5.41, 5.74) is 10.6. The molecule has 0 heterocycles. The maximum atomic E-state index is 6.77. The van der Waals surface area contributed by atoms with E-state index in [-0.39, 0.29) is 9.04 Å². The van der Waals surface area contributed by atoms with Gasteiger partial charge in [0.1, 0.15) is 0 Å². The SMILES string of the molecule is CC(C)c1ccccc1-c1c(-c2ccccc2)ccc2c1C=C(C(C)(C)C)[CH]2[Zr]([Cl])[Cl]. The first kappa shape index (κ1) is 23.0. The molecule has 1 aliphatic carbocycles. The minimum absolute atomic E-state index is 0.0288. The zero-order valence-electron chi connectivity index (χ0n) is 18.8. The van der Waals surface area contributed by atoms with E-state index in [1.54, 1.807) is 0 Å². The maximum absolute atomic E-state index is 6.77. The molecule has 3 aromatic rings. The van der Waals surface area contributed by atoms with Gasteiger partial charge in [-0.25, -0.2) is 0 Å². The van der Waals surface area contributed by atoms with Crippen LogP contribution in [0, 0.1) is 5.41 Å². The van der Waals surface area contributed by atoms with Crippen LogP contribution in [0.4, 0.5) is 0 Å². The van der Waals surface area contributed by atoms with Gasteiger partial charge in [0.15, 0.2) is 0 Å². The predicted octanol–water partition coefficient (Wildman–Crippen LogP) is 9.55. The van der Waals surface area contributed by atoms with Crippen LogP contribution in [-0.4, -0.2) is 0 Å². The summed E-state index contributed by atoms with van der Waals surface area (Å²) in [5, 5.41) is 0. The second kappa shape index (κ2) is 9.01. The fourth-order valence-corrected chi connectivity index (χ4v) is 10.5. The van der Waals surface area contributed by atoms with E-state index >= 15 is 0 Å². The molecule has 0 fully saturated rings. The molecule has 1 atom stereocenters. The molecule has 0 aliphatic heterocycles. The van der Waals surface area contributed by atoms with Crippen LogP contribution in [-0.2, 0) is 19.4 Å². The Labute approximate surface area is 202 Å². The van der Waals surface area contributed by atoms with Crippen LogP contribution in [0.2, 0.25) is 0 Å². The Hall–Kier alpha value is -1.14. The van der Waals surface area contributed by atoms with Crippen LogP contribution in [0.1, 0.15) is 60.9 Å². The quantitative estimate of drug-likeness (QED) is 0.317. The van der Waals surface area contributed by atoms with Crippen LogP contribution in [0.25, 0.3) is 28.3 Å². The molecular weight excluding hydrogens is 498 g/mol. The van der Waals surface area contributed by atoms with Crippen molar-refractivity contribution in [2.75, 3.05) is 0 Å². The normalized spacial score (nSPS) is 15.7. The molecule has 0 radical (unpaired) electrons. The van der Waals surface area contributed by atoms with Gasteiger partial charge in [-0.15, -0.1) is 0 Å². The Bertz CT molecular complexity index is 1120. The summed E-state index contributed by atoms with van der Waals surface area (Å²) in [4.78, 5) is 0. The molecule has 31 heavy (non-hydrogen) atoms. The van der Waals surface area contributed by atoms with Crippen molar-refractivity contribution in [1.82, 2.24) is 0 Å². The molecule has 1 unspecified atom stereocenters. The van der Waals surface area contributed by atoms with Crippen LogP contribution < -0.4 is 0 Å². The van der Waals surface area contributed by atoms with Crippen molar-refractivity contribution in [1.29, 1.82) is 0 Å². The third-order valence-electron chi connectivity index (χ3n) is 6.22. The van der Waals surface area contributed by atoms with Crippen molar-refractivity contribution in [2.45, 2.75) is 44.2 Å². The van der Waals surface area contributed by atoms with Gasteiger partial charge in [-0.05, 0) is 0 Å². The third kappa shape index (κ3) is 4.39. The summed E-state index contributed by atoms with van der Waals surface area (Å²) in [6.45, 7) is 11.4. The van der Waals surface area contributed by atoms with Crippen LogP contribution >= 0.6 is 17.0 Å². The molecule has 4 rings (SSSR count). The van der Waals surface area contributed by atoms with Crippen LogP contribution in [0.15, 0.2) is 72.3 Å². The van der Waals surface area contributed by atoms with E-state index in [2.05, 4.69) is 107 Å². The molecule has 0 aromatic heterocycles. The number of hydrogen-bond donors (Lipinski definition) is 0. The number of rotatable bonds is 4. The van der Waals surface area contributed by atoms with E-state index in [9.17, 15) is 0 Å². The fraction of sp³-hybridized carbons (Fsp3) is 0.286. The number of benzene rings is 3. The molecular formula is C28H29Cl2Zr. The molecule has 0 spiro atoms. The number of allylic oxidation sites excluding steroid dienone is 1. The zero-order valence-corrected chi connectivity index (χ0v) is 22.8. The molecule has 0 amide bonds. The molecule has 159 valence electrons. The van der Waals surface area contributed by atoms with Gasteiger partial charge < -0.3 is 0 Å². The van der Waals surface area contributed by atoms with Crippen molar-refractivity contribution in [2.24, 2.45) is 5.41 Å². The van der Waals surface area contributed by atoms with Crippen molar-refractivity contribution in [3.05, 3.63) is 89.0 Å². The first-order valence-electron chi connectivity index (χ1n) is 10.9. The van der Waals surface area contributed by atoms with Crippen molar-refractivity contribution in [3.8, 4) is 22.3 Å². The first-order valence-corrected chi connectivity index (χ1v) is 18.7. The van der Waals surface area contributed by atoms with Gasteiger partial charge in [-0.2, -0.15) is 0 Å². The summed E-state index contributed by atoms with van der Waals surface area (Å²) in [6.07, 6.45) is 2.41.